The van der Waals surface area contributed by atoms with E-state index in [0.29, 0.717) is 18.4 Å². The van der Waals surface area contributed by atoms with E-state index in [2.05, 4.69) is 15.0 Å². The summed E-state index contributed by atoms with van der Waals surface area (Å²) in [7, 11) is 1.03. The standard InChI is InChI=1S/C21H21F5N4O4S/c1-9-15(12-4-5-13(22)16(23)17(12)33-3)18(34-20(9,2)21(24,25)26)19(32)29-10-6-11(8-31)28-14(7-10)30-35-27/h4-9,15,18H,27H2,1-3H3,(H2,28,29,30,32)/t9?,15?,18-,20-/m1/s1. The molecular formula is C21H21F5N4O4S. The molecule has 2 aromatic rings. The third-order valence-corrected chi connectivity index (χ3v) is 6.29. The molecule has 1 saturated heterocycles. The quantitative estimate of drug-likeness (QED) is 0.283. The number of ether oxygens (including phenoxy) is 2. The van der Waals surface area contributed by atoms with Crippen molar-refractivity contribution < 1.29 is 41.0 Å². The second-order valence-electron chi connectivity index (χ2n) is 7.93. The van der Waals surface area contributed by atoms with E-state index in [4.69, 9.17) is 14.6 Å². The number of hydrogen-bond acceptors (Lipinski definition) is 8. The molecule has 2 heterocycles. The largest absolute Gasteiger partial charge is 0.493 e. The molecule has 14 heteroatoms. The van der Waals surface area contributed by atoms with Crippen LogP contribution in [0.5, 0.6) is 5.75 Å². The molecule has 1 fully saturated rings. The number of nitrogens with one attached hydrogen (secondary N) is 2. The molecule has 2 unspecified atom stereocenters. The fraction of sp³-hybridized carbons (Fsp3) is 0.381. The van der Waals surface area contributed by atoms with Gasteiger partial charge in [0.05, 0.1) is 7.11 Å². The lowest BCUT2D eigenvalue weighted by Gasteiger charge is -2.32. The predicted octanol–water partition coefficient (Wildman–Crippen LogP) is 4.19. The van der Waals surface area contributed by atoms with E-state index >= 15 is 0 Å². The summed E-state index contributed by atoms with van der Waals surface area (Å²) < 4.78 is 83.1. The van der Waals surface area contributed by atoms with Crippen LogP contribution in [0.4, 0.5) is 33.5 Å². The third-order valence-electron chi connectivity index (χ3n) is 5.97. The van der Waals surface area contributed by atoms with E-state index in [9.17, 15) is 31.5 Å². The summed E-state index contributed by atoms with van der Waals surface area (Å²) >= 11 is 0.663. The molecule has 1 aliphatic rings. The van der Waals surface area contributed by atoms with Gasteiger partial charge in [-0.25, -0.2) is 9.37 Å². The number of nitrogens with zero attached hydrogens (tertiary/aromatic N) is 1. The molecule has 0 spiro atoms. The molecule has 1 aromatic carbocycles. The number of aromatic nitrogens is 1. The number of halogens is 5. The first-order valence-corrected chi connectivity index (χ1v) is 10.9. The zero-order valence-electron chi connectivity index (χ0n) is 18.6. The van der Waals surface area contributed by atoms with Gasteiger partial charge in [0, 0.05) is 41.3 Å². The number of nitrogens with two attached hydrogens (primary N) is 1. The number of amides is 1. The topological polar surface area (TPSA) is 116 Å². The first-order valence-electron chi connectivity index (χ1n) is 10.0. The SMILES string of the molecule is COc1c(C2C(C)[C@](C)(C(F)(F)F)O[C@H]2C(=O)Nc2cc(C=O)nc(NSN)c2)ccc(F)c1F. The van der Waals surface area contributed by atoms with E-state index in [-0.39, 0.29) is 22.8 Å². The Morgan fingerprint density at radius 3 is 2.57 bits per heavy atom. The van der Waals surface area contributed by atoms with Crippen LogP contribution >= 0.6 is 12.1 Å². The molecular weight excluding hydrogens is 499 g/mol. The Balaban J connectivity index is 2.08. The minimum absolute atomic E-state index is 0.0107. The number of carbonyl (C=O) groups excluding carboxylic acids is 2. The monoisotopic (exact) mass is 520 g/mol. The second-order valence-corrected chi connectivity index (χ2v) is 8.37. The molecule has 190 valence electrons. The van der Waals surface area contributed by atoms with Gasteiger partial charge in [0.2, 0.25) is 5.82 Å². The van der Waals surface area contributed by atoms with Gasteiger partial charge in [0.15, 0.2) is 23.5 Å². The number of benzene rings is 1. The number of alkyl halides is 3. The summed E-state index contributed by atoms with van der Waals surface area (Å²) in [4.78, 5) is 28.3. The Kier molecular flexibility index (Phi) is 7.57. The minimum Gasteiger partial charge on any atom is -0.493 e. The van der Waals surface area contributed by atoms with E-state index in [1.807, 2.05) is 0 Å². The summed E-state index contributed by atoms with van der Waals surface area (Å²) in [5.41, 5.74) is -3.06. The highest BCUT2D eigenvalue weighted by Crippen LogP contribution is 2.55. The normalized spacial score (nSPS) is 24.2. The van der Waals surface area contributed by atoms with Crippen molar-refractivity contribution in [2.24, 2.45) is 11.1 Å². The molecule has 4 N–H and O–H groups in total. The average Bonchev–Trinajstić information content (AvgIpc) is 3.07. The van der Waals surface area contributed by atoms with Gasteiger partial charge in [0.1, 0.15) is 17.6 Å². The molecule has 1 aromatic heterocycles. The van der Waals surface area contributed by atoms with Crippen molar-refractivity contribution in [3.05, 3.63) is 47.2 Å². The highest BCUT2D eigenvalue weighted by Gasteiger charge is 2.65. The average molecular weight is 520 g/mol. The van der Waals surface area contributed by atoms with Gasteiger partial charge >= 0.3 is 6.18 Å². The molecule has 1 amide bonds. The molecule has 0 radical (unpaired) electrons. The zero-order chi connectivity index (χ0) is 26.1. The van der Waals surface area contributed by atoms with Crippen LogP contribution in [-0.2, 0) is 9.53 Å². The smallest absolute Gasteiger partial charge is 0.417 e. The molecule has 35 heavy (non-hydrogen) atoms. The minimum atomic E-state index is -4.90. The van der Waals surface area contributed by atoms with E-state index < -0.39 is 53.0 Å². The maximum atomic E-state index is 14.4. The summed E-state index contributed by atoms with van der Waals surface area (Å²) in [6.45, 7) is 1.98. The van der Waals surface area contributed by atoms with E-state index in [1.165, 1.54) is 19.1 Å². The number of anilines is 2. The van der Waals surface area contributed by atoms with Crippen molar-refractivity contribution in [3.63, 3.8) is 0 Å². The molecule has 1 aliphatic heterocycles. The molecule has 0 saturated carbocycles. The molecule has 0 bridgehead atoms. The van der Waals surface area contributed by atoms with Gasteiger partial charge in [-0.3, -0.25) is 14.7 Å². The Bertz CT molecular complexity index is 1140. The van der Waals surface area contributed by atoms with Crippen molar-refractivity contribution in [1.29, 1.82) is 0 Å². The van der Waals surface area contributed by atoms with Gasteiger partial charge in [0.25, 0.3) is 5.91 Å². The second kappa shape index (κ2) is 9.95. The predicted molar refractivity (Wildman–Crippen MR) is 118 cm³/mol. The highest BCUT2D eigenvalue weighted by atomic mass is 32.2. The lowest BCUT2D eigenvalue weighted by Crippen LogP contribution is -2.47. The summed E-state index contributed by atoms with van der Waals surface area (Å²) in [6, 6.07) is 4.27. The Labute approximate surface area is 201 Å². The molecule has 3 rings (SSSR count). The molecule has 0 aliphatic carbocycles. The molecule has 8 nitrogen and oxygen atoms in total. The number of aldehydes is 1. The van der Waals surface area contributed by atoms with Crippen LogP contribution in [0.25, 0.3) is 0 Å². The van der Waals surface area contributed by atoms with Gasteiger partial charge in [-0.15, -0.1) is 0 Å². The Morgan fingerprint density at radius 2 is 2.00 bits per heavy atom. The van der Waals surface area contributed by atoms with Crippen molar-refractivity contribution in [1.82, 2.24) is 4.98 Å². The van der Waals surface area contributed by atoms with Crippen molar-refractivity contribution in [2.75, 3.05) is 17.1 Å². The zero-order valence-corrected chi connectivity index (χ0v) is 19.4. The fourth-order valence-electron chi connectivity index (χ4n) is 4.05. The lowest BCUT2D eigenvalue weighted by molar-refractivity contribution is -0.272. The Hall–Kier alpha value is -2.97. The van der Waals surface area contributed by atoms with Crippen LogP contribution in [0.15, 0.2) is 24.3 Å². The number of carbonyl (C=O) groups is 2. The van der Waals surface area contributed by atoms with Crippen LogP contribution in [0.2, 0.25) is 0 Å². The van der Waals surface area contributed by atoms with Crippen molar-refractivity contribution in [3.8, 4) is 5.75 Å². The first kappa shape index (κ1) is 26.6. The van der Waals surface area contributed by atoms with Gasteiger partial charge in [-0.1, -0.05) is 13.0 Å². The summed E-state index contributed by atoms with van der Waals surface area (Å²) in [6.07, 6.45) is -6.29. The van der Waals surface area contributed by atoms with Crippen LogP contribution in [0.3, 0.4) is 0 Å². The number of methoxy groups -OCH3 is 1. The fourth-order valence-corrected chi connectivity index (χ4v) is 4.28. The van der Waals surface area contributed by atoms with Crippen molar-refractivity contribution >= 4 is 35.8 Å². The van der Waals surface area contributed by atoms with Gasteiger partial charge in [-0.2, -0.15) is 17.6 Å². The first-order chi connectivity index (χ1) is 16.4. The number of pyridine rings is 1. The highest BCUT2D eigenvalue weighted by molar-refractivity contribution is 7.98. The summed E-state index contributed by atoms with van der Waals surface area (Å²) in [5, 5.41) is 7.72. The maximum Gasteiger partial charge on any atom is 0.417 e. The van der Waals surface area contributed by atoms with Crippen molar-refractivity contribution in [2.45, 2.75) is 37.6 Å². The third kappa shape index (κ3) is 4.90. The summed E-state index contributed by atoms with van der Waals surface area (Å²) in [5.74, 6) is -7.02. The number of hydrogen-bond donors (Lipinski definition) is 3. The van der Waals surface area contributed by atoms with E-state index in [0.717, 1.165) is 26.2 Å². The van der Waals surface area contributed by atoms with Gasteiger partial charge < -0.3 is 19.5 Å². The van der Waals surface area contributed by atoms with Crippen LogP contribution in [-0.4, -0.2) is 42.2 Å². The maximum absolute atomic E-state index is 14.4. The number of rotatable bonds is 7. The van der Waals surface area contributed by atoms with Gasteiger partial charge in [-0.05, 0) is 19.1 Å². The Morgan fingerprint density at radius 1 is 1.31 bits per heavy atom. The van der Waals surface area contributed by atoms with Crippen LogP contribution in [0.1, 0.15) is 35.8 Å². The van der Waals surface area contributed by atoms with Crippen LogP contribution < -0.4 is 19.9 Å². The lowest BCUT2D eigenvalue weighted by atomic mass is 9.77. The van der Waals surface area contributed by atoms with E-state index in [1.54, 1.807) is 0 Å². The van der Waals surface area contributed by atoms with Crippen LogP contribution in [0, 0.1) is 17.6 Å². The molecule has 4 atom stereocenters.